The van der Waals surface area contributed by atoms with Crippen molar-refractivity contribution in [1.29, 1.82) is 0 Å². The molecule has 0 aliphatic heterocycles. The van der Waals surface area contributed by atoms with Gasteiger partial charge in [0.15, 0.2) is 5.82 Å². The summed E-state index contributed by atoms with van der Waals surface area (Å²) in [5.41, 5.74) is 11.9. The van der Waals surface area contributed by atoms with Crippen molar-refractivity contribution >= 4 is 17.4 Å². The Morgan fingerprint density at radius 2 is 2.19 bits per heavy atom. The van der Waals surface area contributed by atoms with E-state index < -0.39 is 5.91 Å². The van der Waals surface area contributed by atoms with Crippen LogP contribution in [0.15, 0.2) is 12.1 Å². The van der Waals surface area contributed by atoms with Gasteiger partial charge in [-0.25, -0.2) is 4.98 Å². The van der Waals surface area contributed by atoms with Crippen LogP contribution in [-0.2, 0) is 0 Å². The average Bonchev–Trinajstić information content (AvgIpc) is 2.15. The number of nitrogens with zero attached hydrogens (tertiary/aromatic N) is 2. The zero-order chi connectivity index (χ0) is 11.7. The lowest BCUT2D eigenvalue weighted by atomic mass is 9.92. The van der Waals surface area contributed by atoms with E-state index in [0.29, 0.717) is 17.5 Å². The summed E-state index contributed by atoms with van der Waals surface area (Å²) in [4.78, 5) is 17.3. The quantitative estimate of drug-likeness (QED) is 0.787. The monoisotopic (exact) mass is 220 g/mol. The molecule has 1 aromatic rings. The van der Waals surface area contributed by atoms with Crippen LogP contribution in [-0.4, -0.2) is 24.0 Å². The van der Waals surface area contributed by atoms with Crippen LogP contribution in [0.2, 0.25) is 0 Å². The molecular weight excluding hydrogens is 204 g/mol. The average molecular weight is 220 g/mol. The second-order valence-electron chi connectivity index (χ2n) is 4.17. The van der Waals surface area contributed by atoms with Crippen molar-refractivity contribution in [2.45, 2.75) is 25.3 Å². The van der Waals surface area contributed by atoms with Crippen molar-refractivity contribution in [3.05, 3.63) is 17.8 Å². The maximum atomic E-state index is 11.0. The molecule has 86 valence electrons. The Balaban J connectivity index is 2.30. The Morgan fingerprint density at radius 3 is 2.69 bits per heavy atom. The third kappa shape index (κ3) is 1.80. The van der Waals surface area contributed by atoms with Gasteiger partial charge in [-0.1, -0.05) is 0 Å². The number of hydrogen-bond acceptors (Lipinski definition) is 4. The van der Waals surface area contributed by atoms with E-state index in [1.807, 2.05) is 11.9 Å². The molecule has 4 N–H and O–H groups in total. The lowest BCUT2D eigenvalue weighted by Gasteiger charge is -2.36. The molecular formula is C11H16N4O. The maximum absolute atomic E-state index is 11.0. The Morgan fingerprint density at radius 1 is 1.50 bits per heavy atom. The summed E-state index contributed by atoms with van der Waals surface area (Å²) in [7, 11) is 1.95. The molecule has 2 rings (SSSR count). The fourth-order valence-corrected chi connectivity index (χ4v) is 1.83. The summed E-state index contributed by atoms with van der Waals surface area (Å²) in [6.45, 7) is 0. The number of anilines is 2. The fraction of sp³-hybridized carbons (Fsp3) is 0.455. The van der Waals surface area contributed by atoms with E-state index in [2.05, 4.69) is 4.98 Å². The minimum Gasteiger partial charge on any atom is -0.396 e. The molecule has 0 spiro atoms. The van der Waals surface area contributed by atoms with Gasteiger partial charge in [0.1, 0.15) is 5.69 Å². The van der Waals surface area contributed by atoms with Crippen molar-refractivity contribution in [2.75, 3.05) is 17.7 Å². The minimum absolute atomic E-state index is 0.260. The van der Waals surface area contributed by atoms with Gasteiger partial charge in [0, 0.05) is 13.1 Å². The molecule has 5 heteroatoms. The SMILES string of the molecule is CN(c1nc(C(N)=O)ccc1N)C1CCC1. The largest absolute Gasteiger partial charge is 0.396 e. The van der Waals surface area contributed by atoms with Gasteiger partial charge in [-0.2, -0.15) is 0 Å². The van der Waals surface area contributed by atoms with Gasteiger partial charge < -0.3 is 16.4 Å². The van der Waals surface area contributed by atoms with Gasteiger partial charge in [0.25, 0.3) is 5.91 Å². The van der Waals surface area contributed by atoms with Crippen molar-refractivity contribution in [3.63, 3.8) is 0 Å². The van der Waals surface area contributed by atoms with E-state index in [1.165, 1.54) is 6.42 Å². The lowest BCUT2D eigenvalue weighted by Crippen LogP contribution is -2.38. The molecule has 0 radical (unpaired) electrons. The Hall–Kier alpha value is -1.78. The summed E-state index contributed by atoms with van der Waals surface area (Å²) in [6, 6.07) is 3.71. The number of pyridine rings is 1. The van der Waals surface area contributed by atoms with E-state index in [0.717, 1.165) is 12.8 Å². The number of hydrogen-bond donors (Lipinski definition) is 2. The molecule has 0 saturated heterocycles. The number of primary amides is 1. The van der Waals surface area contributed by atoms with Crippen molar-refractivity contribution < 1.29 is 4.79 Å². The van der Waals surface area contributed by atoms with Gasteiger partial charge in [0.05, 0.1) is 5.69 Å². The predicted octanol–water partition coefficient (Wildman–Crippen LogP) is 0.751. The van der Waals surface area contributed by atoms with Crippen LogP contribution in [0.5, 0.6) is 0 Å². The summed E-state index contributed by atoms with van der Waals surface area (Å²) < 4.78 is 0. The number of amides is 1. The Bertz CT molecular complexity index is 414. The first kappa shape index (κ1) is 10.7. The van der Waals surface area contributed by atoms with E-state index in [-0.39, 0.29) is 5.69 Å². The van der Waals surface area contributed by atoms with E-state index >= 15 is 0 Å². The molecule has 1 aliphatic rings. The molecule has 16 heavy (non-hydrogen) atoms. The van der Waals surface area contributed by atoms with Crippen LogP contribution in [0.25, 0.3) is 0 Å². The molecule has 1 fully saturated rings. The number of aromatic nitrogens is 1. The van der Waals surface area contributed by atoms with Gasteiger partial charge in [-0.05, 0) is 31.4 Å². The summed E-state index contributed by atoms with van der Waals surface area (Å²) in [5, 5.41) is 0. The minimum atomic E-state index is -0.525. The summed E-state index contributed by atoms with van der Waals surface area (Å²) in [5.74, 6) is 0.129. The van der Waals surface area contributed by atoms with Crippen LogP contribution in [0.4, 0.5) is 11.5 Å². The molecule has 5 nitrogen and oxygen atoms in total. The molecule has 0 atom stereocenters. The van der Waals surface area contributed by atoms with Crippen LogP contribution in [0.3, 0.4) is 0 Å². The molecule has 1 amide bonds. The zero-order valence-electron chi connectivity index (χ0n) is 9.31. The molecule has 1 aromatic heterocycles. The topological polar surface area (TPSA) is 85.2 Å². The maximum Gasteiger partial charge on any atom is 0.267 e. The number of carbonyl (C=O) groups is 1. The molecule has 0 unspecified atom stereocenters. The Kier molecular flexibility index (Phi) is 2.68. The molecule has 0 bridgehead atoms. The third-order valence-electron chi connectivity index (χ3n) is 3.11. The standard InChI is InChI=1S/C11H16N4O/c1-15(7-3-2-4-7)11-8(12)5-6-9(14-11)10(13)16/h5-7H,2-4,12H2,1H3,(H2,13,16). The second kappa shape index (κ2) is 4.00. The number of nitrogen functional groups attached to an aromatic ring is 1. The fourth-order valence-electron chi connectivity index (χ4n) is 1.83. The first-order valence-electron chi connectivity index (χ1n) is 5.38. The highest BCUT2D eigenvalue weighted by atomic mass is 16.1. The first-order chi connectivity index (χ1) is 7.59. The predicted molar refractivity (Wildman–Crippen MR) is 63.2 cm³/mol. The molecule has 0 aromatic carbocycles. The normalized spacial score (nSPS) is 15.6. The summed E-state index contributed by atoms with van der Waals surface area (Å²) in [6.07, 6.45) is 3.54. The van der Waals surface area contributed by atoms with Crippen LogP contribution in [0, 0.1) is 0 Å². The van der Waals surface area contributed by atoms with Gasteiger partial charge in [-0.15, -0.1) is 0 Å². The Labute approximate surface area is 94.4 Å². The first-order valence-corrected chi connectivity index (χ1v) is 5.38. The molecule has 1 heterocycles. The highest BCUT2D eigenvalue weighted by Gasteiger charge is 2.24. The van der Waals surface area contributed by atoms with E-state index in [9.17, 15) is 4.79 Å². The zero-order valence-corrected chi connectivity index (χ0v) is 9.31. The van der Waals surface area contributed by atoms with Crippen molar-refractivity contribution in [1.82, 2.24) is 4.98 Å². The molecule has 1 aliphatic carbocycles. The van der Waals surface area contributed by atoms with Gasteiger partial charge in [-0.3, -0.25) is 4.79 Å². The smallest absolute Gasteiger partial charge is 0.267 e. The lowest BCUT2D eigenvalue weighted by molar-refractivity contribution is 0.0995. The highest BCUT2D eigenvalue weighted by Crippen LogP contribution is 2.30. The van der Waals surface area contributed by atoms with Crippen molar-refractivity contribution in [3.8, 4) is 0 Å². The van der Waals surface area contributed by atoms with E-state index in [1.54, 1.807) is 12.1 Å². The third-order valence-corrected chi connectivity index (χ3v) is 3.11. The van der Waals surface area contributed by atoms with Crippen LogP contribution >= 0.6 is 0 Å². The van der Waals surface area contributed by atoms with Crippen molar-refractivity contribution in [2.24, 2.45) is 5.73 Å². The highest BCUT2D eigenvalue weighted by molar-refractivity contribution is 5.91. The number of nitrogens with two attached hydrogens (primary N) is 2. The number of rotatable bonds is 3. The number of carbonyl (C=O) groups excluding carboxylic acids is 1. The molecule has 1 saturated carbocycles. The van der Waals surface area contributed by atoms with Gasteiger partial charge >= 0.3 is 0 Å². The second-order valence-corrected chi connectivity index (χ2v) is 4.17. The van der Waals surface area contributed by atoms with E-state index in [4.69, 9.17) is 11.5 Å². The van der Waals surface area contributed by atoms with Gasteiger partial charge in [0.2, 0.25) is 0 Å². The van der Waals surface area contributed by atoms with Crippen LogP contribution < -0.4 is 16.4 Å². The summed E-state index contributed by atoms with van der Waals surface area (Å²) >= 11 is 0. The van der Waals surface area contributed by atoms with Crippen LogP contribution in [0.1, 0.15) is 29.8 Å².